The van der Waals surface area contributed by atoms with Gasteiger partial charge in [0.25, 0.3) is 0 Å². The molecule has 0 bridgehead atoms. The van der Waals surface area contributed by atoms with Crippen molar-refractivity contribution in [3.05, 3.63) is 0 Å². The SMILES string of the molecule is O=P(O)(O)O[C@H]1[C@H](O)[C@H](O)[C@H](OP(=O)(O)OP(=O)(O)O)[C@@H](OP(=O)(O)OP(=O)(O)O)[C@@H]1OP(=O)(O)OP(=O)(O)O. The third-order valence-corrected chi connectivity index (χ3v) is 10.7. The Morgan fingerprint density at radius 2 is 0.575 bits per heavy atom. The van der Waals surface area contributed by atoms with Gasteiger partial charge in [0.1, 0.15) is 36.6 Å². The molecule has 1 saturated carbocycles. The summed E-state index contributed by atoms with van der Waals surface area (Å²) in [4.78, 5) is 99.5. The van der Waals surface area contributed by atoms with E-state index in [1.807, 2.05) is 0 Å². The van der Waals surface area contributed by atoms with Crippen LogP contribution in [0.2, 0.25) is 0 Å². The summed E-state index contributed by atoms with van der Waals surface area (Å²) in [5.41, 5.74) is 0. The van der Waals surface area contributed by atoms with Crippen molar-refractivity contribution >= 4 is 54.8 Å². The zero-order valence-electron chi connectivity index (χ0n) is 18.1. The predicted molar refractivity (Wildman–Crippen MR) is 112 cm³/mol. The second-order valence-electron chi connectivity index (χ2n) is 6.87. The highest BCUT2D eigenvalue weighted by Crippen LogP contribution is 2.64. The van der Waals surface area contributed by atoms with Crippen LogP contribution in [0.3, 0.4) is 0 Å². The van der Waals surface area contributed by atoms with Crippen molar-refractivity contribution < 1.29 is 127 Å². The molecular weight excluding hydrogens is 721 g/mol. The molecule has 0 aromatic rings. The first-order valence-electron chi connectivity index (χ1n) is 8.76. The van der Waals surface area contributed by atoms with Gasteiger partial charge in [-0.15, -0.1) is 0 Å². The summed E-state index contributed by atoms with van der Waals surface area (Å²) in [5, 5.41) is 20.5. The van der Waals surface area contributed by atoms with Crippen LogP contribution in [0.15, 0.2) is 0 Å². The van der Waals surface area contributed by atoms with Gasteiger partial charge in [0.05, 0.1) is 0 Å². The summed E-state index contributed by atoms with van der Waals surface area (Å²) < 4.78 is 107. The molecule has 0 aromatic carbocycles. The van der Waals surface area contributed by atoms with Crippen molar-refractivity contribution in [2.45, 2.75) is 36.6 Å². The molecule has 1 fully saturated rings. The number of aliphatic hydroxyl groups excluding tert-OH is 2. The summed E-state index contributed by atoms with van der Waals surface area (Å²) in [7, 11) is -43.1. The second-order valence-corrected chi connectivity index (χ2v) is 16.4. The van der Waals surface area contributed by atoms with E-state index in [4.69, 9.17) is 39.1 Å². The number of aliphatic hydroxyl groups is 2. The quantitative estimate of drug-likeness (QED) is 0.0788. The van der Waals surface area contributed by atoms with Crippen LogP contribution in [0.25, 0.3) is 0 Å². The molecular formula is C6H19O27P7. The molecule has 0 heterocycles. The van der Waals surface area contributed by atoms with Crippen molar-refractivity contribution in [3.8, 4) is 0 Å². The number of phosphoric ester groups is 4. The summed E-state index contributed by atoms with van der Waals surface area (Å²) in [6.07, 6.45) is -19.0. The lowest BCUT2D eigenvalue weighted by Gasteiger charge is -2.46. The first-order chi connectivity index (χ1) is 17.3. The van der Waals surface area contributed by atoms with E-state index in [0.717, 1.165) is 0 Å². The fourth-order valence-corrected chi connectivity index (χ4v) is 8.61. The zero-order valence-corrected chi connectivity index (χ0v) is 24.4. The number of hydrogen-bond acceptors (Lipinski definition) is 16. The lowest BCUT2D eigenvalue weighted by atomic mass is 9.85. The molecule has 1 aliphatic rings. The van der Waals surface area contributed by atoms with Gasteiger partial charge >= 0.3 is 54.8 Å². The smallest absolute Gasteiger partial charge is 0.387 e. The number of rotatable bonds is 14. The zero-order chi connectivity index (χ0) is 31.9. The van der Waals surface area contributed by atoms with Crippen LogP contribution in [-0.4, -0.2) is 101 Å². The monoisotopic (exact) mass is 740 g/mol. The second kappa shape index (κ2) is 13.0. The van der Waals surface area contributed by atoms with Crippen molar-refractivity contribution in [2.24, 2.45) is 0 Å². The Bertz CT molecular complexity index is 1230. The lowest BCUT2D eigenvalue weighted by Crippen LogP contribution is -2.65. The van der Waals surface area contributed by atoms with Crippen molar-refractivity contribution in [1.29, 1.82) is 0 Å². The van der Waals surface area contributed by atoms with Gasteiger partial charge in [0, 0.05) is 0 Å². The van der Waals surface area contributed by atoms with Crippen LogP contribution in [0, 0.1) is 0 Å². The molecule has 0 radical (unpaired) electrons. The van der Waals surface area contributed by atoms with Gasteiger partial charge < -0.3 is 64.0 Å². The van der Waals surface area contributed by atoms with Gasteiger partial charge in [-0.05, 0) is 0 Å². The molecule has 0 amide bonds. The number of phosphoric acid groups is 7. The standard InChI is InChI=1S/C6H19O27P7/c7-1-2(8)4(28-38(21,22)31-35(12,13)14)6(30-40(25,26)33-37(18,19)20)5(3(1)27-34(9,10)11)29-39(23,24)32-36(15,16)17/h1-8H,(H,21,22)(H,23,24)(H,25,26)(H2,9,10,11)(H2,12,13,14)(H2,15,16,17)(H2,18,19,20)/t1-,2+,3+,4+,5-,6-/m1/s1. The fraction of sp³-hybridized carbons (Fsp3) is 1.00. The fourth-order valence-electron chi connectivity index (χ4n) is 2.72. The van der Waals surface area contributed by atoms with Crippen LogP contribution in [0.5, 0.6) is 0 Å². The molecule has 27 nitrogen and oxygen atoms in total. The van der Waals surface area contributed by atoms with E-state index in [2.05, 4.69) is 31.0 Å². The van der Waals surface area contributed by atoms with Gasteiger partial charge in [-0.1, -0.05) is 0 Å². The normalized spacial score (nSPS) is 31.6. The Hall–Kier alpha value is 0.810. The molecule has 0 saturated heterocycles. The molecule has 0 aromatic heterocycles. The van der Waals surface area contributed by atoms with Crippen LogP contribution in [0.4, 0.5) is 0 Å². The lowest BCUT2D eigenvalue weighted by molar-refractivity contribution is -0.208. The maximum atomic E-state index is 12.2. The van der Waals surface area contributed by atoms with Crippen LogP contribution in [-0.2, 0) is 63.0 Å². The summed E-state index contributed by atoms with van der Waals surface area (Å²) >= 11 is 0. The van der Waals surface area contributed by atoms with E-state index in [-0.39, 0.29) is 0 Å². The van der Waals surface area contributed by atoms with E-state index in [1.54, 1.807) is 0 Å². The minimum absolute atomic E-state index is 3.03. The molecule has 0 aliphatic heterocycles. The third kappa shape index (κ3) is 14.1. The van der Waals surface area contributed by atoms with Crippen molar-refractivity contribution in [1.82, 2.24) is 0 Å². The highest BCUT2D eigenvalue weighted by molar-refractivity contribution is 7.61. The Morgan fingerprint density at radius 3 is 0.800 bits per heavy atom. The van der Waals surface area contributed by atoms with Crippen LogP contribution in [0.1, 0.15) is 0 Å². The minimum Gasteiger partial charge on any atom is -0.387 e. The summed E-state index contributed by atoms with van der Waals surface area (Å²) in [6, 6.07) is 0. The van der Waals surface area contributed by atoms with E-state index in [1.165, 1.54) is 0 Å². The molecule has 34 heteroatoms. The summed E-state index contributed by atoms with van der Waals surface area (Å²) in [6.45, 7) is 0. The van der Waals surface area contributed by atoms with Gasteiger partial charge in [0.15, 0.2) is 0 Å². The van der Waals surface area contributed by atoms with Crippen LogP contribution < -0.4 is 0 Å². The van der Waals surface area contributed by atoms with E-state index in [0.29, 0.717) is 0 Å². The predicted octanol–water partition coefficient (Wildman–Crippen LogP) is -3.02. The van der Waals surface area contributed by atoms with E-state index >= 15 is 0 Å². The molecule has 240 valence electrons. The Kier molecular flexibility index (Phi) is 12.7. The van der Waals surface area contributed by atoms with E-state index < -0.39 is 91.4 Å². The van der Waals surface area contributed by atoms with Gasteiger partial charge in [-0.3, -0.25) is 18.1 Å². The van der Waals surface area contributed by atoms with Gasteiger partial charge in [0.2, 0.25) is 0 Å². The summed E-state index contributed by atoms with van der Waals surface area (Å²) in [5.74, 6) is 0. The molecule has 13 N–H and O–H groups in total. The van der Waals surface area contributed by atoms with E-state index in [9.17, 15) is 56.8 Å². The van der Waals surface area contributed by atoms with Crippen LogP contribution >= 0.6 is 54.8 Å². The van der Waals surface area contributed by atoms with Gasteiger partial charge in [-0.25, -0.2) is 32.0 Å². The molecule has 3 unspecified atom stereocenters. The average molecular weight is 740 g/mol. The Balaban J connectivity index is 3.84. The molecule has 1 aliphatic carbocycles. The topological polar surface area (TPSA) is 447 Å². The molecule has 0 spiro atoms. The highest BCUT2D eigenvalue weighted by atomic mass is 31.3. The van der Waals surface area contributed by atoms with Crippen molar-refractivity contribution in [2.75, 3.05) is 0 Å². The first-order valence-corrected chi connectivity index (χ1v) is 19.4. The average Bonchev–Trinajstić information content (AvgIpc) is 2.58. The Morgan fingerprint density at radius 1 is 0.350 bits per heavy atom. The highest BCUT2D eigenvalue weighted by Gasteiger charge is 2.60. The Labute approximate surface area is 219 Å². The maximum absolute atomic E-state index is 12.2. The first kappa shape index (κ1) is 38.8. The molecule has 1 rings (SSSR count). The van der Waals surface area contributed by atoms with Crippen molar-refractivity contribution in [3.63, 3.8) is 0 Å². The third-order valence-electron chi connectivity index (χ3n) is 3.65. The maximum Gasteiger partial charge on any atom is 0.481 e. The minimum atomic E-state index is -6.39. The molecule has 9 atom stereocenters. The largest absolute Gasteiger partial charge is 0.481 e. The molecule has 40 heavy (non-hydrogen) atoms. The van der Waals surface area contributed by atoms with Gasteiger partial charge in [-0.2, -0.15) is 12.9 Å². The number of hydrogen-bond donors (Lipinski definition) is 13.